The number of halogens is 2. The van der Waals surface area contributed by atoms with Gasteiger partial charge >= 0.3 is 5.97 Å². The predicted octanol–water partition coefficient (Wildman–Crippen LogP) is 7.79. The van der Waals surface area contributed by atoms with Crippen molar-refractivity contribution in [3.05, 3.63) is 92.8 Å². The van der Waals surface area contributed by atoms with Crippen LogP contribution in [0.2, 0.25) is 10.0 Å². The zero-order chi connectivity index (χ0) is 28.6. The lowest BCUT2D eigenvalue weighted by atomic mass is 9.83. The Morgan fingerprint density at radius 1 is 0.975 bits per heavy atom. The Labute approximate surface area is 244 Å². The van der Waals surface area contributed by atoms with Gasteiger partial charge in [0.15, 0.2) is 5.75 Å². The van der Waals surface area contributed by atoms with Gasteiger partial charge in [0.2, 0.25) is 5.88 Å². The molecule has 40 heavy (non-hydrogen) atoms. The van der Waals surface area contributed by atoms with E-state index in [9.17, 15) is 10.1 Å². The number of carbonyl (C=O) groups excluding carboxylic acids is 1. The molecule has 0 aliphatic carbocycles. The van der Waals surface area contributed by atoms with Gasteiger partial charge in [-0.1, -0.05) is 68.1 Å². The quantitative estimate of drug-likeness (QED) is 0.140. The van der Waals surface area contributed by atoms with E-state index in [0.717, 1.165) is 31.2 Å². The summed E-state index contributed by atoms with van der Waals surface area (Å²) in [4.78, 5) is 12.9. The van der Waals surface area contributed by atoms with E-state index in [-0.39, 0.29) is 32.8 Å². The van der Waals surface area contributed by atoms with Crippen LogP contribution in [0.15, 0.2) is 66.1 Å². The third-order valence-electron chi connectivity index (χ3n) is 6.34. The summed E-state index contributed by atoms with van der Waals surface area (Å²) >= 11 is 12.7. The van der Waals surface area contributed by atoms with E-state index < -0.39 is 11.9 Å². The summed E-state index contributed by atoms with van der Waals surface area (Å²) in [5, 5.41) is 10.3. The molecule has 3 aromatic carbocycles. The zero-order valence-electron chi connectivity index (χ0n) is 22.3. The molecule has 208 valence electrons. The SMILES string of the molecule is CCCCOc1cccc(C2C(C#N)=C(N)Oc3cc(OC(=O)c4cc(Cl)c(OCCCC)c(Cl)c4)ccc32)c1. The highest BCUT2D eigenvalue weighted by Crippen LogP contribution is 2.44. The maximum absolute atomic E-state index is 12.9. The fourth-order valence-corrected chi connectivity index (χ4v) is 4.86. The van der Waals surface area contributed by atoms with Gasteiger partial charge in [-0.05, 0) is 48.7 Å². The monoisotopic (exact) mass is 580 g/mol. The number of fused-ring (bicyclic) bond motifs is 1. The van der Waals surface area contributed by atoms with Crippen LogP contribution in [-0.4, -0.2) is 19.2 Å². The first-order valence-corrected chi connectivity index (χ1v) is 13.9. The van der Waals surface area contributed by atoms with Crippen LogP contribution < -0.4 is 24.7 Å². The number of nitrogens with zero attached hydrogens (tertiary/aromatic N) is 1. The van der Waals surface area contributed by atoms with Crippen molar-refractivity contribution in [2.45, 2.75) is 45.4 Å². The van der Waals surface area contributed by atoms with E-state index >= 15 is 0 Å². The van der Waals surface area contributed by atoms with Crippen molar-refractivity contribution in [3.63, 3.8) is 0 Å². The van der Waals surface area contributed by atoms with Crippen molar-refractivity contribution in [2.24, 2.45) is 5.73 Å². The van der Waals surface area contributed by atoms with Crippen LogP contribution in [0.5, 0.6) is 23.0 Å². The molecule has 3 aromatic rings. The molecule has 0 fully saturated rings. The van der Waals surface area contributed by atoms with Crippen LogP contribution in [0.4, 0.5) is 0 Å². The van der Waals surface area contributed by atoms with Gasteiger partial charge in [-0.25, -0.2) is 4.79 Å². The number of esters is 1. The van der Waals surface area contributed by atoms with E-state index in [1.807, 2.05) is 31.2 Å². The van der Waals surface area contributed by atoms with Gasteiger partial charge in [0.1, 0.15) is 28.9 Å². The molecule has 0 aromatic heterocycles. The van der Waals surface area contributed by atoms with Gasteiger partial charge in [-0.15, -0.1) is 0 Å². The third kappa shape index (κ3) is 6.64. The number of rotatable bonds is 11. The Morgan fingerprint density at radius 2 is 1.68 bits per heavy atom. The highest BCUT2D eigenvalue weighted by molar-refractivity contribution is 6.37. The molecule has 0 spiro atoms. The van der Waals surface area contributed by atoms with Gasteiger partial charge in [0.05, 0.1) is 34.7 Å². The molecule has 0 saturated carbocycles. The molecular weight excluding hydrogens is 551 g/mol. The highest BCUT2D eigenvalue weighted by Gasteiger charge is 2.31. The molecule has 7 nitrogen and oxygen atoms in total. The number of nitrogens with two attached hydrogens (primary N) is 1. The number of carbonyl (C=O) groups is 1. The number of allylic oxidation sites excluding steroid dienone is 1. The Bertz CT molecular complexity index is 1440. The van der Waals surface area contributed by atoms with E-state index in [0.29, 0.717) is 36.0 Å². The normalized spacial score (nSPS) is 14.1. The average molecular weight is 581 g/mol. The number of benzene rings is 3. The van der Waals surface area contributed by atoms with Gasteiger partial charge in [0.25, 0.3) is 0 Å². The molecule has 1 aliphatic heterocycles. The topological polar surface area (TPSA) is 104 Å². The Kier molecular flexibility index (Phi) is 9.81. The van der Waals surface area contributed by atoms with Crippen LogP contribution in [0.3, 0.4) is 0 Å². The van der Waals surface area contributed by atoms with Gasteiger partial charge < -0.3 is 24.7 Å². The molecule has 1 unspecified atom stereocenters. The van der Waals surface area contributed by atoms with Crippen LogP contribution in [0.1, 0.15) is 66.9 Å². The van der Waals surface area contributed by atoms with E-state index in [1.165, 1.54) is 12.1 Å². The lowest BCUT2D eigenvalue weighted by Gasteiger charge is -2.27. The minimum absolute atomic E-state index is 0.0157. The van der Waals surface area contributed by atoms with E-state index in [1.54, 1.807) is 18.2 Å². The first kappa shape index (κ1) is 29.1. The smallest absolute Gasteiger partial charge is 0.343 e. The van der Waals surface area contributed by atoms with Crippen LogP contribution in [0.25, 0.3) is 0 Å². The zero-order valence-corrected chi connectivity index (χ0v) is 23.8. The maximum Gasteiger partial charge on any atom is 0.343 e. The number of nitriles is 1. The lowest BCUT2D eigenvalue weighted by Crippen LogP contribution is -2.21. The number of hydrogen-bond donors (Lipinski definition) is 1. The lowest BCUT2D eigenvalue weighted by molar-refractivity contribution is 0.0734. The van der Waals surface area contributed by atoms with Gasteiger partial charge in [-0.3, -0.25) is 0 Å². The van der Waals surface area contributed by atoms with Crippen molar-refractivity contribution >= 4 is 29.2 Å². The molecule has 0 saturated heterocycles. The Morgan fingerprint density at radius 3 is 2.35 bits per heavy atom. The second-order valence-corrected chi connectivity index (χ2v) is 10.1. The summed E-state index contributed by atoms with van der Waals surface area (Å²) in [6, 6.07) is 17.6. The van der Waals surface area contributed by atoms with Crippen LogP contribution in [-0.2, 0) is 0 Å². The highest BCUT2D eigenvalue weighted by atomic mass is 35.5. The van der Waals surface area contributed by atoms with E-state index in [4.69, 9.17) is 47.9 Å². The molecule has 1 atom stereocenters. The van der Waals surface area contributed by atoms with E-state index in [2.05, 4.69) is 13.0 Å². The molecule has 2 N–H and O–H groups in total. The van der Waals surface area contributed by atoms with Crippen molar-refractivity contribution < 1.29 is 23.7 Å². The molecule has 1 heterocycles. The predicted molar refractivity (Wildman–Crippen MR) is 154 cm³/mol. The standard InChI is InChI=1S/C31H30Cl2N2O5/c1-3-5-12-37-21-9-7-8-19(14-21)28-23-11-10-22(17-27(23)40-30(35)24(28)18-34)39-31(36)20-15-25(32)29(26(33)16-20)38-13-6-4-2/h7-11,14-17,28H,3-6,12-13,35H2,1-2H3. The fourth-order valence-electron chi connectivity index (χ4n) is 4.26. The summed E-state index contributed by atoms with van der Waals surface area (Å²) in [6.07, 6.45) is 3.78. The summed E-state index contributed by atoms with van der Waals surface area (Å²) in [5.41, 5.74) is 8.14. The number of ether oxygens (including phenoxy) is 4. The van der Waals surface area contributed by atoms with Crippen molar-refractivity contribution in [3.8, 4) is 29.1 Å². The Balaban J connectivity index is 1.58. The summed E-state index contributed by atoms with van der Waals surface area (Å²) in [7, 11) is 0. The minimum atomic E-state index is -0.658. The first-order valence-electron chi connectivity index (χ1n) is 13.1. The molecule has 0 amide bonds. The van der Waals surface area contributed by atoms with Crippen molar-refractivity contribution in [2.75, 3.05) is 13.2 Å². The molecule has 4 rings (SSSR count). The maximum atomic E-state index is 12.9. The second kappa shape index (κ2) is 13.5. The summed E-state index contributed by atoms with van der Waals surface area (Å²) in [5.74, 6) is 0.484. The fraction of sp³-hybridized carbons (Fsp3) is 0.290. The molecule has 9 heteroatoms. The number of unbranched alkanes of at least 4 members (excludes halogenated alkanes) is 2. The molecule has 1 aliphatic rings. The number of hydrogen-bond acceptors (Lipinski definition) is 7. The summed E-state index contributed by atoms with van der Waals surface area (Å²) in [6.45, 7) is 5.22. The van der Waals surface area contributed by atoms with Crippen molar-refractivity contribution in [1.29, 1.82) is 5.26 Å². The second-order valence-electron chi connectivity index (χ2n) is 9.26. The van der Waals surface area contributed by atoms with Crippen molar-refractivity contribution in [1.82, 2.24) is 0 Å². The average Bonchev–Trinajstić information content (AvgIpc) is 2.94. The largest absolute Gasteiger partial charge is 0.494 e. The Hall–Kier alpha value is -3.86. The first-order chi connectivity index (χ1) is 19.4. The molecule has 0 bridgehead atoms. The molecular formula is C31H30Cl2N2O5. The minimum Gasteiger partial charge on any atom is -0.494 e. The molecule has 0 radical (unpaired) electrons. The third-order valence-corrected chi connectivity index (χ3v) is 6.90. The van der Waals surface area contributed by atoms with Gasteiger partial charge in [-0.2, -0.15) is 5.26 Å². The van der Waals surface area contributed by atoms with Crippen LogP contribution >= 0.6 is 23.2 Å². The van der Waals surface area contributed by atoms with Crippen LogP contribution in [0, 0.1) is 11.3 Å². The summed E-state index contributed by atoms with van der Waals surface area (Å²) < 4.78 is 22.9. The van der Waals surface area contributed by atoms with Gasteiger partial charge in [0, 0.05) is 11.6 Å².